The van der Waals surface area contributed by atoms with Gasteiger partial charge in [-0.1, -0.05) is 31.5 Å². The molecule has 1 aromatic carbocycles. The molecule has 1 aromatic rings. The molecule has 0 spiro atoms. The minimum absolute atomic E-state index is 0.188. The van der Waals surface area contributed by atoms with Crippen LogP contribution >= 0.6 is 0 Å². The number of ether oxygens (including phenoxy) is 1. The first-order valence-corrected chi connectivity index (χ1v) is 7.36. The maximum absolute atomic E-state index is 11.9. The molecule has 0 saturated carbocycles. The van der Waals surface area contributed by atoms with E-state index >= 15 is 0 Å². The molecule has 0 radical (unpaired) electrons. The number of carbonyl (C=O) groups is 1. The summed E-state index contributed by atoms with van der Waals surface area (Å²) in [6.45, 7) is 5.98. The van der Waals surface area contributed by atoms with Gasteiger partial charge in [0.15, 0.2) is 0 Å². The quantitative estimate of drug-likeness (QED) is 0.705. The molecule has 0 bridgehead atoms. The summed E-state index contributed by atoms with van der Waals surface area (Å²) in [6.07, 6.45) is 2.24. The fourth-order valence-corrected chi connectivity index (χ4v) is 2.06. The third kappa shape index (κ3) is 5.21. The predicted molar refractivity (Wildman–Crippen MR) is 83.0 cm³/mol. The van der Waals surface area contributed by atoms with Gasteiger partial charge < -0.3 is 15.0 Å². The van der Waals surface area contributed by atoms with E-state index < -0.39 is 0 Å². The summed E-state index contributed by atoms with van der Waals surface area (Å²) >= 11 is 0. The van der Waals surface area contributed by atoms with Crippen LogP contribution in [0, 0.1) is 0 Å². The largest absolute Gasteiger partial charge is 0.465 e. The SMILES string of the molecule is CCCCN(CC(NC)C(=O)OCC)c1ccccc1. The van der Waals surface area contributed by atoms with E-state index in [-0.39, 0.29) is 12.0 Å². The van der Waals surface area contributed by atoms with Crippen LogP contribution in [0.5, 0.6) is 0 Å². The molecule has 1 atom stereocenters. The molecule has 0 amide bonds. The van der Waals surface area contributed by atoms with Crippen molar-refractivity contribution in [1.82, 2.24) is 5.32 Å². The lowest BCUT2D eigenvalue weighted by Crippen LogP contribution is -2.46. The van der Waals surface area contributed by atoms with Gasteiger partial charge in [-0.15, -0.1) is 0 Å². The van der Waals surface area contributed by atoms with Crippen molar-refractivity contribution in [2.24, 2.45) is 0 Å². The summed E-state index contributed by atoms with van der Waals surface area (Å²) < 4.78 is 5.11. The smallest absolute Gasteiger partial charge is 0.324 e. The summed E-state index contributed by atoms with van der Waals surface area (Å²) in [4.78, 5) is 14.1. The van der Waals surface area contributed by atoms with Crippen molar-refractivity contribution in [1.29, 1.82) is 0 Å². The fourth-order valence-electron chi connectivity index (χ4n) is 2.06. The van der Waals surface area contributed by atoms with Crippen molar-refractivity contribution in [2.75, 3.05) is 31.6 Å². The highest BCUT2D eigenvalue weighted by atomic mass is 16.5. The molecule has 4 nitrogen and oxygen atoms in total. The number of hydrogen-bond acceptors (Lipinski definition) is 4. The van der Waals surface area contributed by atoms with Gasteiger partial charge in [0.2, 0.25) is 0 Å². The predicted octanol–water partition coefficient (Wildman–Crippen LogP) is 2.44. The van der Waals surface area contributed by atoms with Crippen LogP contribution in [0.2, 0.25) is 0 Å². The number of carbonyl (C=O) groups excluding carboxylic acids is 1. The summed E-state index contributed by atoms with van der Waals surface area (Å²) in [5.74, 6) is -0.188. The Bertz CT molecular complexity index is 381. The number of esters is 1. The third-order valence-electron chi connectivity index (χ3n) is 3.23. The van der Waals surface area contributed by atoms with Crippen LogP contribution < -0.4 is 10.2 Å². The van der Waals surface area contributed by atoms with Gasteiger partial charge >= 0.3 is 5.97 Å². The average molecular weight is 278 g/mol. The highest BCUT2D eigenvalue weighted by molar-refractivity contribution is 5.76. The Morgan fingerprint density at radius 2 is 2.00 bits per heavy atom. The van der Waals surface area contributed by atoms with E-state index in [4.69, 9.17) is 4.74 Å². The van der Waals surface area contributed by atoms with Gasteiger partial charge in [0.25, 0.3) is 0 Å². The van der Waals surface area contributed by atoms with Gasteiger partial charge in [-0.2, -0.15) is 0 Å². The van der Waals surface area contributed by atoms with Crippen molar-refractivity contribution in [2.45, 2.75) is 32.7 Å². The minimum atomic E-state index is -0.299. The van der Waals surface area contributed by atoms with Crippen molar-refractivity contribution in [3.05, 3.63) is 30.3 Å². The molecule has 20 heavy (non-hydrogen) atoms. The highest BCUT2D eigenvalue weighted by Crippen LogP contribution is 2.15. The second kappa shape index (κ2) is 9.37. The number of para-hydroxylation sites is 1. The number of nitrogens with zero attached hydrogens (tertiary/aromatic N) is 1. The van der Waals surface area contributed by atoms with E-state index in [0.717, 1.165) is 25.1 Å². The van der Waals surface area contributed by atoms with Gasteiger partial charge in [0, 0.05) is 18.8 Å². The summed E-state index contributed by atoms with van der Waals surface area (Å²) in [5.41, 5.74) is 1.14. The molecule has 0 aromatic heterocycles. The zero-order chi connectivity index (χ0) is 14.8. The fraction of sp³-hybridized carbons (Fsp3) is 0.562. The van der Waals surface area contributed by atoms with Gasteiger partial charge in [-0.3, -0.25) is 4.79 Å². The van der Waals surface area contributed by atoms with Crippen LogP contribution in [-0.4, -0.2) is 38.8 Å². The Kier molecular flexibility index (Phi) is 7.73. The van der Waals surface area contributed by atoms with E-state index in [1.807, 2.05) is 25.1 Å². The molecule has 0 heterocycles. The van der Waals surface area contributed by atoms with Crippen LogP contribution in [0.4, 0.5) is 5.69 Å². The molecule has 0 fully saturated rings. The zero-order valence-corrected chi connectivity index (χ0v) is 12.8. The summed E-state index contributed by atoms with van der Waals surface area (Å²) in [7, 11) is 1.80. The summed E-state index contributed by atoms with van der Waals surface area (Å²) in [6, 6.07) is 9.90. The number of benzene rings is 1. The Morgan fingerprint density at radius 1 is 1.30 bits per heavy atom. The maximum atomic E-state index is 11.9. The van der Waals surface area contributed by atoms with Crippen molar-refractivity contribution in [3.8, 4) is 0 Å². The van der Waals surface area contributed by atoms with Crippen LogP contribution in [0.15, 0.2) is 30.3 Å². The standard InChI is InChI=1S/C16H26N2O2/c1-4-6-12-18(14-10-8-7-9-11-14)13-15(17-3)16(19)20-5-2/h7-11,15,17H,4-6,12-13H2,1-3H3. The number of unbranched alkanes of at least 4 members (excludes halogenated alkanes) is 1. The van der Waals surface area contributed by atoms with Gasteiger partial charge in [0.1, 0.15) is 6.04 Å². The average Bonchev–Trinajstić information content (AvgIpc) is 2.48. The van der Waals surface area contributed by atoms with Crippen molar-refractivity contribution in [3.63, 3.8) is 0 Å². The number of nitrogens with one attached hydrogen (secondary N) is 1. The van der Waals surface area contributed by atoms with E-state index in [2.05, 4.69) is 29.3 Å². The van der Waals surface area contributed by atoms with Gasteiger partial charge in [-0.25, -0.2) is 0 Å². The van der Waals surface area contributed by atoms with E-state index in [0.29, 0.717) is 13.2 Å². The Morgan fingerprint density at radius 3 is 2.55 bits per heavy atom. The molecule has 0 aliphatic carbocycles. The molecule has 1 rings (SSSR count). The van der Waals surface area contributed by atoms with Crippen molar-refractivity contribution < 1.29 is 9.53 Å². The lowest BCUT2D eigenvalue weighted by atomic mass is 10.2. The second-order valence-corrected chi connectivity index (χ2v) is 4.73. The van der Waals surface area contributed by atoms with Crippen LogP contribution in [0.1, 0.15) is 26.7 Å². The van der Waals surface area contributed by atoms with Crippen LogP contribution in [0.25, 0.3) is 0 Å². The first-order chi connectivity index (χ1) is 9.72. The number of hydrogen-bond donors (Lipinski definition) is 1. The van der Waals surface area contributed by atoms with E-state index in [9.17, 15) is 4.79 Å². The Labute approximate surface area is 122 Å². The molecule has 4 heteroatoms. The van der Waals surface area contributed by atoms with Gasteiger partial charge in [-0.05, 0) is 32.5 Å². The molecule has 0 aliphatic rings. The number of anilines is 1. The Hall–Kier alpha value is -1.55. The van der Waals surface area contributed by atoms with Crippen LogP contribution in [-0.2, 0) is 9.53 Å². The second-order valence-electron chi connectivity index (χ2n) is 4.73. The van der Waals surface area contributed by atoms with E-state index in [1.165, 1.54) is 0 Å². The Balaban J connectivity index is 2.75. The zero-order valence-electron chi connectivity index (χ0n) is 12.8. The topological polar surface area (TPSA) is 41.6 Å². The lowest BCUT2D eigenvalue weighted by Gasteiger charge is -2.28. The summed E-state index contributed by atoms with van der Waals surface area (Å²) in [5, 5.41) is 3.05. The van der Waals surface area contributed by atoms with E-state index in [1.54, 1.807) is 7.05 Å². The third-order valence-corrected chi connectivity index (χ3v) is 3.23. The molecule has 112 valence electrons. The number of likely N-dealkylation sites (N-methyl/N-ethyl adjacent to an activating group) is 1. The monoisotopic (exact) mass is 278 g/mol. The minimum Gasteiger partial charge on any atom is -0.465 e. The first kappa shape index (κ1) is 16.5. The maximum Gasteiger partial charge on any atom is 0.324 e. The molecular weight excluding hydrogens is 252 g/mol. The van der Waals surface area contributed by atoms with Crippen molar-refractivity contribution >= 4 is 11.7 Å². The lowest BCUT2D eigenvalue weighted by molar-refractivity contribution is -0.145. The molecule has 1 unspecified atom stereocenters. The van der Waals surface area contributed by atoms with Gasteiger partial charge in [0.05, 0.1) is 6.61 Å². The molecule has 1 N–H and O–H groups in total. The highest BCUT2D eigenvalue weighted by Gasteiger charge is 2.21. The normalized spacial score (nSPS) is 11.9. The number of rotatable bonds is 9. The molecule has 0 aliphatic heterocycles. The van der Waals surface area contributed by atoms with Crippen LogP contribution in [0.3, 0.4) is 0 Å². The molecule has 0 saturated heterocycles. The molecular formula is C16H26N2O2. The first-order valence-electron chi connectivity index (χ1n) is 7.36.